The molecule has 0 unspecified atom stereocenters. The van der Waals surface area contributed by atoms with Crippen molar-refractivity contribution >= 4 is 17.4 Å². The Labute approximate surface area is 146 Å². The minimum atomic E-state index is -0.422. The number of anilines is 2. The molecule has 2 aromatic rings. The molecule has 0 atom stereocenters. The molecule has 2 rings (SSSR count). The number of nitrogens with one attached hydrogen (secondary N) is 2. The van der Waals surface area contributed by atoms with Crippen LogP contribution in [0.1, 0.15) is 18.3 Å². The monoisotopic (exact) mass is 346 g/mol. The van der Waals surface area contributed by atoms with Crippen molar-refractivity contribution in [3.05, 3.63) is 29.6 Å². The van der Waals surface area contributed by atoms with E-state index in [4.69, 9.17) is 14.2 Å². The van der Waals surface area contributed by atoms with Gasteiger partial charge in [0.05, 0.1) is 37.9 Å². The standard InChI is InChI=1S/C17H22N4O4/c1-6-25-17-18-10(2)15(11(3)19-17)21-16(22)20-12-7-13(23-4)9-14(8-12)24-5/h7-9H,6H2,1-5H3,(H2,20,21,22). The summed E-state index contributed by atoms with van der Waals surface area (Å²) in [4.78, 5) is 20.8. The van der Waals surface area contributed by atoms with E-state index in [0.29, 0.717) is 46.9 Å². The van der Waals surface area contributed by atoms with Crippen LogP contribution in [0.5, 0.6) is 17.5 Å². The van der Waals surface area contributed by atoms with Crippen LogP contribution in [0.25, 0.3) is 0 Å². The number of benzene rings is 1. The van der Waals surface area contributed by atoms with Crippen LogP contribution in [0, 0.1) is 13.8 Å². The van der Waals surface area contributed by atoms with E-state index < -0.39 is 6.03 Å². The molecular weight excluding hydrogens is 324 g/mol. The summed E-state index contributed by atoms with van der Waals surface area (Å²) in [6, 6.07) is 4.97. The van der Waals surface area contributed by atoms with E-state index >= 15 is 0 Å². The van der Waals surface area contributed by atoms with E-state index in [-0.39, 0.29) is 0 Å². The Bertz CT molecular complexity index is 719. The molecule has 0 saturated carbocycles. The van der Waals surface area contributed by atoms with Gasteiger partial charge in [0.15, 0.2) is 0 Å². The summed E-state index contributed by atoms with van der Waals surface area (Å²) < 4.78 is 15.7. The van der Waals surface area contributed by atoms with Gasteiger partial charge in [-0.05, 0) is 20.8 Å². The first kappa shape index (κ1) is 18.3. The molecule has 0 aliphatic carbocycles. The Morgan fingerprint density at radius 3 is 2.04 bits per heavy atom. The summed E-state index contributed by atoms with van der Waals surface area (Å²) in [5.74, 6) is 1.15. The summed E-state index contributed by atoms with van der Waals surface area (Å²) in [5, 5.41) is 5.50. The molecule has 134 valence electrons. The van der Waals surface area contributed by atoms with Crippen molar-refractivity contribution in [2.24, 2.45) is 0 Å². The molecule has 0 spiro atoms. The first-order valence-electron chi connectivity index (χ1n) is 7.76. The molecule has 1 aromatic carbocycles. The summed E-state index contributed by atoms with van der Waals surface area (Å²) in [7, 11) is 3.09. The molecule has 25 heavy (non-hydrogen) atoms. The van der Waals surface area contributed by atoms with Crippen molar-refractivity contribution in [2.75, 3.05) is 31.5 Å². The third-order valence-electron chi connectivity index (χ3n) is 3.37. The molecule has 2 N–H and O–H groups in total. The van der Waals surface area contributed by atoms with Gasteiger partial charge in [-0.2, -0.15) is 9.97 Å². The molecular formula is C17H22N4O4. The third kappa shape index (κ3) is 4.72. The minimum Gasteiger partial charge on any atom is -0.497 e. The summed E-state index contributed by atoms with van der Waals surface area (Å²) in [5.41, 5.74) is 2.32. The minimum absolute atomic E-state index is 0.293. The van der Waals surface area contributed by atoms with E-state index in [1.165, 1.54) is 0 Å². The number of urea groups is 1. The Kier molecular flexibility index (Phi) is 5.99. The SMILES string of the molecule is CCOc1nc(C)c(NC(=O)Nc2cc(OC)cc(OC)c2)c(C)n1. The van der Waals surface area contributed by atoms with Gasteiger partial charge in [0, 0.05) is 23.9 Å². The van der Waals surface area contributed by atoms with Gasteiger partial charge in [0.2, 0.25) is 0 Å². The fourth-order valence-corrected chi connectivity index (χ4v) is 2.22. The molecule has 8 heteroatoms. The maximum absolute atomic E-state index is 12.3. The van der Waals surface area contributed by atoms with Gasteiger partial charge in [-0.15, -0.1) is 0 Å². The van der Waals surface area contributed by atoms with Crippen molar-refractivity contribution in [2.45, 2.75) is 20.8 Å². The number of aryl methyl sites for hydroxylation is 2. The average molecular weight is 346 g/mol. The van der Waals surface area contributed by atoms with Crippen LogP contribution >= 0.6 is 0 Å². The molecule has 1 aromatic heterocycles. The number of carbonyl (C=O) groups is 1. The zero-order valence-corrected chi connectivity index (χ0v) is 15.0. The lowest BCUT2D eigenvalue weighted by atomic mass is 10.2. The van der Waals surface area contributed by atoms with E-state index in [9.17, 15) is 4.79 Å². The lowest BCUT2D eigenvalue weighted by Crippen LogP contribution is -2.21. The smallest absolute Gasteiger partial charge is 0.323 e. The highest BCUT2D eigenvalue weighted by Gasteiger charge is 2.13. The van der Waals surface area contributed by atoms with Crippen LogP contribution in [0.2, 0.25) is 0 Å². The molecule has 8 nitrogen and oxygen atoms in total. The quantitative estimate of drug-likeness (QED) is 0.834. The highest BCUT2D eigenvalue weighted by atomic mass is 16.5. The van der Waals surface area contributed by atoms with E-state index in [1.807, 2.05) is 6.92 Å². The third-order valence-corrected chi connectivity index (χ3v) is 3.37. The Balaban J connectivity index is 2.15. The van der Waals surface area contributed by atoms with Crippen LogP contribution in [0.4, 0.5) is 16.2 Å². The molecule has 0 aliphatic heterocycles. The van der Waals surface area contributed by atoms with E-state index in [0.717, 1.165) is 0 Å². The summed E-state index contributed by atoms with van der Waals surface area (Å²) in [6.45, 7) is 5.89. The first-order valence-corrected chi connectivity index (χ1v) is 7.76. The molecule has 0 aliphatic rings. The maximum atomic E-state index is 12.3. The number of aromatic nitrogens is 2. The van der Waals surface area contributed by atoms with Crippen LogP contribution in [-0.2, 0) is 0 Å². The van der Waals surface area contributed by atoms with Crippen molar-refractivity contribution < 1.29 is 19.0 Å². The van der Waals surface area contributed by atoms with Gasteiger partial charge >= 0.3 is 12.0 Å². The second kappa shape index (κ2) is 8.18. The molecule has 0 fully saturated rings. The van der Waals surface area contributed by atoms with Crippen LogP contribution in [0.3, 0.4) is 0 Å². The van der Waals surface area contributed by atoms with Crippen molar-refractivity contribution in [3.63, 3.8) is 0 Å². The lowest BCUT2D eigenvalue weighted by Gasteiger charge is -2.14. The maximum Gasteiger partial charge on any atom is 0.323 e. The second-order valence-electron chi connectivity index (χ2n) is 5.17. The van der Waals surface area contributed by atoms with Gasteiger partial charge in [-0.3, -0.25) is 0 Å². The highest BCUT2D eigenvalue weighted by molar-refractivity contribution is 6.00. The zero-order chi connectivity index (χ0) is 18.4. The van der Waals surface area contributed by atoms with Crippen LogP contribution in [0.15, 0.2) is 18.2 Å². The number of rotatable bonds is 6. The number of ether oxygens (including phenoxy) is 3. The molecule has 1 heterocycles. The van der Waals surface area contributed by atoms with Gasteiger partial charge < -0.3 is 24.8 Å². The largest absolute Gasteiger partial charge is 0.497 e. The van der Waals surface area contributed by atoms with Crippen molar-refractivity contribution in [1.29, 1.82) is 0 Å². The Morgan fingerprint density at radius 1 is 1.00 bits per heavy atom. The fourth-order valence-electron chi connectivity index (χ4n) is 2.22. The molecule has 0 bridgehead atoms. The normalized spacial score (nSPS) is 10.1. The predicted octanol–water partition coefficient (Wildman–Crippen LogP) is 3.15. The average Bonchev–Trinajstić information content (AvgIpc) is 2.58. The van der Waals surface area contributed by atoms with Crippen molar-refractivity contribution in [3.8, 4) is 17.5 Å². The van der Waals surface area contributed by atoms with Crippen LogP contribution < -0.4 is 24.8 Å². The van der Waals surface area contributed by atoms with Crippen LogP contribution in [-0.4, -0.2) is 36.8 Å². The van der Waals surface area contributed by atoms with Gasteiger partial charge in [-0.25, -0.2) is 4.79 Å². The number of methoxy groups -OCH3 is 2. The number of carbonyl (C=O) groups excluding carboxylic acids is 1. The highest BCUT2D eigenvalue weighted by Crippen LogP contribution is 2.26. The Morgan fingerprint density at radius 2 is 1.56 bits per heavy atom. The topological polar surface area (TPSA) is 94.6 Å². The molecule has 2 amide bonds. The summed E-state index contributed by atoms with van der Waals surface area (Å²) in [6.07, 6.45) is 0. The predicted molar refractivity (Wildman–Crippen MR) is 94.9 cm³/mol. The van der Waals surface area contributed by atoms with E-state index in [2.05, 4.69) is 20.6 Å². The number of hydrogen-bond donors (Lipinski definition) is 2. The Hall–Kier alpha value is -3.03. The molecule has 0 saturated heterocycles. The van der Waals surface area contributed by atoms with E-state index in [1.54, 1.807) is 46.3 Å². The zero-order valence-electron chi connectivity index (χ0n) is 15.0. The van der Waals surface area contributed by atoms with Gasteiger partial charge in [0.25, 0.3) is 0 Å². The molecule has 0 radical (unpaired) electrons. The number of hydrogen-bond acceptors (Lipinski definition) is 6. The van der Waals surface area contributed by atoms with Gasteiger partial charge in [-0.1, -0.05) is 0 Å². The summed E-state index contributed by atoms with van der Waals surface area (Å²) >= 11 is 0. The van der Waals surface area contributed by atoms with Gasteiger partial charge in [0.1, 0.15) is 11.5 Å². The number of nitrogens with zero attached hydrogens (tertiary/aromatic N) is 2. The van der Waals surface area contributed by atoms with Crippen molar-refractivity contribution in [1.82, 2.24) is 9.97 Å². The first-order chi connectivity index (χ1) is 12.0. The second-order valence-corrected chi connectivity index (χ2v) is 5.17. The lowest BCUT2D eigenvalue weighted by molar-refractivity contribution is 0.262. The fraction of sp³-hybridized carbons (Fsp3) is 0.353. The number of amides is 2.